The summed E-state index contributed by atoms with van der Waals surface area (Å²) in [5.74, 6) is 0.783. The Kier molecular flexibility index (Phi) is 2.65. The van der Waals surface area contributed by atoms with Crippen molar-refractivity contribution in [2.24, 2.45) is 0 Å². The summed E-state index contributed by atoms with van der Waals surface area (Å²) in [7, 11) is 0. The Bertz CT molecular complexity index is 332. The number of aliphatic hydroxyl groups is 1. The van der Waals surface area contributed by atoms with Crippen molar-refractivity contribution in [2.75, 3.05) is 13.2 Å². The molecule has 15 heavy (non-hydrogen) atoms. The lowest BCUT2D eigenvalue weighted by molar-refractivity contribution is 0.233. The highest BCUT2D eigenvalue weighted by Crippen LogP contribution is 2.50. The first-order chi connectivity index (χ1) is 7.23. The SMILES string of the molecule is CCOc1ccc(C2(CO)CC2F)cc1. The van der Waals surface area contributed by atoms with Crippen molar-refractivity contribution in [1.29, 1.82) is 0 Å². The van der Waals surface area contributed by atoms with Crippen LogP contribution in [0.3, 0.4) is 0 Å². The second-order valence-electron chi connectivity index (χ2n) is 3.94. The maximum Gasteiger partial charge on any atom is 0.119 e. The van der Waals surface area contributed by atoms with Crippen molar-refractivity contribution < 1.29 is 14.2 Å². The first-order valence-electron chi connectivity index (χ1n) is 5.21. The van der Waals surface area contributed by atoms with Crippen LogP contribution in [0.25, 0.3) is 0 Å². The van der Waals surface area contributed by atoms with E-state index in [0.29, 0.717) is 13.0 Å². The molecule has 1 aromatic rings. The lowest BCUT2D eigenvalue weighted by Gasteiger charge is -2.12. The van der Waals surface area contributed by atoms with Crippen molar-refractivity contribution in [3.8, 4) is 5.75 Å². The molecule has 3 heteroatoms. The molecule has 1 saturated carbocycles. The third-order valence-corrected chi connectivity index (χ3v) is 3.01. The quantitative estimate of drug-likeness (QED) is 0.824. The van der Waals surface area contributed by atoms with Crippen LogP contribution in [0.5, 0.6) is 5.75 Å². The summed E-state index contributed by atoms with van der Waals surface area (Å²) < 4.78 is 18.5. The molecule has 0 aromatic heterocycles. The number of hydrogen-bond donors (Lipinski definition) is 1. The molecule has 0 radical (unpaired) electrons. The lowest BCUT2D eigenvalue weighted by atomic mass is 9.97. The molecule has 82 valence electrons. The summed E-state index contributed by atoms with van der Waals surface area (Å²) in [5.41, 5.74) is 0.228. The number of rotatable bonds is 4. The van der Waals surface area contributed by atoms with Gasteiger partial charge in [-0.25, -0.2) is 4.39 Å². The first-order valence-corrected chi connectivity index (χ1v) is 5.21. The van der Waals surface area contributed by atoms with E-state index in [4.69, 9.17) is 4.74 Å². The van der Waals surface area contributed by atoms with Crippen LogP contribution >= 0.6 is 0 Å². The van der Waals surface area contributed by atoms with Crippen molar-refractivity contribution in [3.63, 3.8) is 0 Å². The van der Waals surface area contributed by atoms with E-state index < -0.39 is 11.6 Å². The van der Waals surface area contributed by atoms with Gasteiger partial charge in [0.2, 0.25) is 0 Å². The van der Waals surface area contributed by atoms with Crippen molar-refractivity contribution in [2.45, 2.75) is 24.9 Å². The predicted octanol–water partition coefficient (Wildman–Crippen LogP) is 2.06. The number of benzene rings is 1. The number of hydrogen-bond acceptors (Lipinski definition) is 2. The zero-order valence-electron chi connectivity index (χ0n) is 8.74. The normalized spacial score (nSPS) is 28.9. The van der Waals surface area contributed by atoms with Crippen LogP contribution in [-0.4, -0.2) is 24.5 Å². The minimum Gasteiger partial charge on any atom is -0.494 e. The summed E-state index contributed by atoms with van der Waals surface area (Å²) in [4.78, 5) is 0. The number of alkyl halides is 1. The molecule has 2 rings (SSSR count). The molecule has 2 nitrogen and oxygen atoms in total. The summed E-state index contributed by atoms with van der Waals surface area (Å²) >= 11 is 0. The molecule has 0 saturated heterocycles. The molecule has 0 aliphatic heterocycles. The van der Waals surface area contributed by atoms with Crippen LogP contribution in [-0.2, 0) is 5.41 Å². The molecule has 0 amide bonds. The van der Waals surface area contributed by atoms with Crippen molar-refractivity contribution in [3.05, 3.63) is 29.8 Å². The topological polar surface area (TPSA) is 29.5 Å². The fourth-order valence-electron chi connectivity index (χ4n) is 1.86. The van der Waals surface area contributed by atoms with Crippen molar-refractivity contribution >= 4 is 0 Å². The largest absolute Gasteiger partial charge is 0.494 e. The minimum atomic E-state index is -0.902. The van der Waals surface area contributed by atoms with Crippen molar-refractivity contribution in [1.82, 2.24) is 0 Å². The van der Waals surface area contributed by atoms with E-state index in [9.17, 15) is 9.50 Å². The number of ether oxygens (including phenoxy) is 1. The highest BCUT2D eigenvalue weighted by Gasteiger charge is 2.56. The van der Waals surface area contributed by atoms with Gasteiger partial charge in [-0.15, -0.1) is 0 Å². The van der Waals surface area contributed by atoms with Crippen LogP contribution < -0.4 is 4.74 Å². The maximum atomic E-state index is 13.2. The van der Waals surface area contributed by atoms with E-state index in [0.717, 1.165) is 11.3 Å². The van der Waals surface area contributed by atoms with Crippen LogP contribution in [0.2, 0.25) is 0 Å². The Morgan fingerprint density at radius 1 is 1.47 bits per heavy atom. The van der Waals surface area contributed by atoms with E-state index in [-0.39, 0.29) is 6.61 Å². The molecule has 2 unspecified atom stereocenters. The Morgan fingerprint density at radius 2 is 2.07 bits per heavy atom. The average molecular weight is 210 g/mol. The van der Waals surface area contributed by atoms with Gasteiger partial charge in [0.1, 0.15) is 11.9 Å². The van der Waals surface area contributed by atoms with Crippen LogP contribution in [0.1, 0.15) is 18.9 Å². The predicted molar refractivity (Wildman–Crippen MR) is 55.9 cm³/mol. The van der Waals surface area contributed by atoms with Gasteiger partial charge in [0, 0.05) is 0 Å². The Balaban J connectivity index is 2.17. The van der Waals surface area contributed by atoms with Crippen LogP contribution in [0, 0.1) is 0 Å². The van der Waals surface area contributed by atoms with E-state index in [1.807, 2.05) is 31.2 Å². The summed E-state index contributed by atoms with van der Waals surface area (Å²) in [6.07, 6.45) is -0.474. The van der Waals surface area contributed by atoms with Gasteiger partial charge in [0.05, 0.1) is 18.6 Å². The van der Waals surface area contributed by atoms with Gasteiger partial charge in [-0.1, -0.05) is 12.1 Å². The Hall–Kier alpha value is -1.09. The van der Waals surface area contributed by atoms with Crippen LogP contribution in [0.4, 0.5) is 4.39 Å². The van der Waals surface area contributed by atoms with Gasteiger partial charge in [-0.05, 0) is 31.0 Å². The smallest absolute Gasteiger partial charge is 0.119 e. The summed E-state index contributed by atoms with van der Waals surface area (Å²) in [6.45, 7) is 2.42. The maximum absolute atomic E-state index is 13.2. The van der Waals surface area contributed by atoms with Gasteiger partial charge in [0.15, 0.2) is 0 Å². The fourth-order valence-corrected chi connectivity index (χ4v) is 1.86. The summed E-state index contributed by atoms with van der Waals surface area (Å²) in [6, 6.07) is 7.31. The van der Waals surface area contributed by atoms with E-state index in [1.165, 1.54) is 0 Å². The molecule has 0 heterocycles. The Morgan fingerprint density at radius 3 is 2.47 bits per heavy atom. The lowest BCUT2D eigenvalue weighted by Crippen LogP contribution is -2.15. The minimum absolute atomic E-state index is 0.123. The van der Waals surface area contributed by atoms with E-state index >= 15 is 0 Å². The average Bonchev–Trinajstić information content (AvgIpc) is 2.92. The number of halogens is 1. The van der Waals surface area contributed by atoms with Gasteiger partial charge in [0.25, 0.3) is 0 Å². The van der Waals surface area contributed by atoms with Gasteiger partial charge >= 0.3 is 0 Å². The Labute approximate surface area is 88.7 Å². The first kappa shape index (κ1) is 10.4. The second-order valence-corrected chi connectivity index (χ2v) is 3.94. The molecule has 0 bridgehead atoms. The molecular weight excluding hydrogens is 195 g/mol. The van der Waals surface area contributed by atoms with E-state index in [2.05, 4.69) is 0 Å². The molecule has 0 spiro atoms. The number of aliphatic hydroxyl groups excluding tert-OH is 1. The zero-order chi connectivity index (χ0) is 10.9. The standard InChI is InChI=1S/C12H15FO2/c1-2-15-10-5-3-9(4-6-10)12(8-14)7-11(12)13/h3-6,11,14H,2,7-8H2,1H3. The van der Waals surface area contributed by atoms with Gasteiger partial charge in [-0.2, -0.15) is 0 Å². The molecule has 1 fully saturated rings. The highest BCUT2D eigenvalue weighted by molar-refractivity contribution is 5.38. The summed E-state index contributed by atoms with van der Waals surface area (Å²) in [5, 5.41) is 9.18. The third-order valence-electron chi connectivity index (χ3n) is 3.01. The third kappa shape index (κ3) is 1.72. The zero-order valence-corrected chi connectivity index (χ0v) is 8.74. The highest BCUT2D eigenvalue weighted by atomic mass is 19.1. The molecule has 1 aliphatic rings. The molecule has 2 atom stereocenters. The molecule has 1 aliphatic carbocycles. The van der Waals surface area contributed by atoms with Crippen LogP contribution in [0.15, 0.2) is 24.3 Å². The fraction of sp³-hybridized carbons (Fsp3) is 0.500. The molecule has 1 aromatic carbocycles. The van der Waals surface area contributed by atoms with E-state index in [1.54, 1.807) is 0 Å². The van der Waals surface area contributed by atoms with Gasteiger partial charge in [-0.3, -0.25) is 0 Å². The second kappa shape index (κ2) is 3.81. The van der Waals surface area contributed by atoms with Gasteiger partial charge < -0.3 is 9.84 Å². The molecule has 1 N–H and O–H groups in total. The monoisotopic (exact) mass is 210 g/mol. The molecular formula is C12H15FO2.